The van der Waals surface area contributed by atoms with Crippen LogP contribution in [0.15, 0.2) is 54.9 Å². The Morgan fingerprint density at radius 2 is 2.00 bits per heavy atom. The van der Waals surface area contributed by atoms with Crippen LogP contribution in [0.5, 0.6) is 0 Å². The number of fused-ring (bicyclic) bond motifs is 1. The van der Waals surface area contributed by atoms with Gasteiger partial charge in [0.15, 0.2) is 0 Å². The average molecular weight is 333 g/mol. The van der Waals surface area contributed by atoms with Crippen LogP contribution in [0.2, 0.25) is 0 Å². The molecule has 1 aliphatic rings. The Morgan fingerprint density at radius 1 is 1.08 bits per heavy atom. The fourth-order valence-corrected chi connectivity index (χ4v) is 3.10. The van der Waals surface area contributed by atoms with E-state index in [9.17, 15) is 4.79 Å². The molecule has 1 saturated heterocycles. The SMILES string of the molecule is O=C(Nc1ccccn1)c1ccc(NC2CCNC2)c2cccnc12. The number of nitrogens with zero attached hydrogens (tertiary/aromatic N) is 2. The fraction of sp³-hybridized carbons (Fsp3) is 0.211. The summed E-state index contributed by atoms with van der Waals surface area (Å²) in [6, 6.07) is 13.5. The summed E-state index contributed by atoms with van der Waals surface area (Å²) >= 11 is 0. The normalized spacial score (nSPS) is 16.7. The Hall–Kier alpha value is -2.99. The first-order valence-electron chi connectivity index (χ1n) is 8.38. The molecule has 1 aromatic carbocycles. The van der Waals surface area contributed by atoms with Crippen LogP contribution in [0.4, 0.5) is 11.5 Å². The van der Waals surface area contributed by atoms with Crippen molar-refractivity contribution < 1.29 is 4.79 Å². The summed E-state index contributed by atoms with van der Waals surface area (Å²) in [5.74, 6) is 0.312. The molecule has 6 nitrogen and oxygen atoms in total. The molecule has 25 heavy (non-hydrogen) atoms. The van der Waals surface area contributed by atoms with Crippen LogP contribution in [0, 0.1) is 0 Å². The van der Waals surface area contributed by atoms with Gasteiger partial charge in [-0.15, -0.1) is 0 Å². The molecule has 126 valence electrons. The highest BCUT2D eigenvalue weighted by Gasteiger charge is 2.18. The maximum atomic E-state index is 12.7. The molecule has 3 N–H and O–H groups in total. The van der Waals surface area contributed by atoms with E-state index < -0.39 is 0 Å². The molecular weight excluding hydrogens is 314 g/mol. The molecule has 0 radical (unpaired) electrons. The molecule has 1 aliphatic heterocycles. The third kappa shape index (κ3) is 3.29. The van der Waals surface area contributed by atoms with Crippen molar-refractivity contribution in [2.75, 3.05) is 23.7 Å². The Morgan fingerprint density at radius 3 is 2.80 bits per heavy atom. The van der Waals surface area contributed by atoms with Gasteiger partial charge in [0.05, 0.1) is 11.1 Å². The number of pyridine rings is 2. The van der Waals surface area contributed by atoms with Crippen molar-refractivity contribution >= 4 is 28.3 Å². The number of anilines is 2. The van der Waals surface area contributed by atoms with Crippen LogP contribution in [0.3, 0.4) is 0 Å². The Labute approximate surface area is 145 Å². The highest BCUT2D eigenvalue weighted by Crippen LogP contribution is 2.26. The number of hydrogen-bond donors (Lipinski definition) is 3. The molecule has 6 heteroatoms. The number of aromatic nitrogens is 2. The van der Waals surface area contributed by atoms with E-state index in [1.165, 1.54) is 0 Å². The lowest BCUT2D eigenvalue weighted by Crippen LogP contribution is -2.22. The van der Waals surface area contributed by atoms with E-state index in [0.717, 1.165) is 30.6 Å². The number of benzene rings is 1. The second-order valence-corrected chi connectivity index (χ2v) is 6.06. The first-order chi connectivity index (χ1) is 12.3. The third-order valence-corrected chi connectivity index (χ3v) is 4.34. The monoisotopic (exact) mass is 333 g/mol. The Kier molecular flexibility index (Phi) is 4.26. The van der Waals surface area contributed by atoms with Gasteiger partial charge in [0.2, 0.25) is 0 Å². The smallest absolute Gasteiger partial charge is 0.259 e. The lowest BCUT2D eigenvalue weighted by molar-refractivity contribution is 0.102. The molecule has 0 aliphatic carbocycles. The molecule has 2 aromatic heterocycles. The summed E-state index contributed by atoms with van der Waals surface area (Å²) < 4.78 is 0. The maximum Gasteiger partial charge on any atom is 0.259 e. The van der Waals surface area contributed by atoms with Gasteiger partial charge in [0, 0.05) is 36.1 Å². The second-order valence-electron chi connectivity index (χ2n) is 6.06. The molecule has 1 unspecified atom stereocenters. The van der Waals surface area contributed by atoms with E-state index in [2.05, 4.69) is 25.9 Å². The zero-order valence-corrected chi connectivity index (χ0v) is 13.7. The molecule has 1 atom stereocenters. The molecule has 0 spiro atoms. The first kappa shape index (κ1) is 15.5. The van der Waals surface area contributed by atoms with E-state index in [4.69, 9.17) is 0 Å². The number of rotatable bonds is 4. The van der Waals surface area contributed by atoms with Gasteiger partial charge in [-0.05, 0) is 49.4 Å². The third-order valence-electron chi connectivity index (χ3n) is 4.34. The van der Waals surface area contributed by atoms with Crippen molar-refractivity contribution in [1.29, 1.82) is 0 Å². The topological polar surface area (TPSA) is 78.9 Å². The van der Waals surface area contributed by atoms with Crippen molar-refractivity contribution in [3.63, 3.8) is 0 Å². The van der Waals surface area contributed by atoms with Crippen LogP contribution in [0.25, 0.3) is 10.9 Å². The molecule has 3 heterocycles. The molecule has 3 aromatic rings. The highest BCUT2D eigenvalue weighted by atomic mass is 16.1. The lowest BCUT2D eigenvalue weighted by Gasteiger charge is -2.16. The van der Waals surface area contributed by atoms with Crippen LogP contribution >= 0.6 is 0 Å². The zero-order valence-electron chi connectivity index (χ0n) is 13.7. The quantitative estimate of drug-likeness (QED) is 0.684. The second kappa shape index (κ2) is 6.86. The summed E-state index contributed by atoms with van der Waals surface area (Å²) in [5.41, 5.74) is 2.23. The van der Waals surface area contributed by atoms with Gasteiger partial charge < -0.3 is 16.0 Å². The summed E-state index contributed by atoms with van der Waals surface area (Å²) in [4.78, 5) is 21.2. The Balaban J connectivity index is 1.67. The van der Waals surface area contributed by atoms with Crippen LogP contribution in [-0.2, 0) is 0 Å². The molecule has 4 rings (SSSR count). The standard InChI is InChI=1S/C19H19N5O/c25-19(24-17-5-1-2-9-21-17)15-6-7-16(23-13-8-11-20-12-13)14-4-3-10-22-18(14)15/h1-7,9-10,13,20,23H,8,11-12H2,(H,21,24,25). The van der Waals surface area contributed by atoms with Crippen LogP contribution in [-0.4, -0.2) is 35.0 Å². The molecular formula is C19H19N5O. The van der Waals surface area contributed by atoms with Crippen molar-refractivity contribution in [2.45, 2.75) is 12.5 Å². The summed E-state index contributed by atoms with van der Waals surface area (Å²) in [5, 5.41) is 10.7. The van der Waals surface area contributed by atoms with Gasteiger partial charge in [0.1, 0.15) is 5.82 Å². The minimum Gasteiger partial charge on any atom is -0.380 e. The number of amides is 1. The number of hydrogen-bond acceptors (Lipinski definition) is 5. The van der Waals surface area contributed by atoms with E-state index in [-0.39, 0.29) is 5.91 Å². The molecule has 1 fully saturated rings. The van der Waals surface area contributed by atoms with Crippen LogP contribution < -0.4 is 16.0 Å². The van der Waals surface area contributed by atoms with Crippen molar-refractivity contribution in [3.05, 3.63) is 60.4 Å². The first-order valence-corrected chi connectivity index (χ1v) is 8.38. The van der Waals surface area contributed by atoms with Gasteiger partial charge in [-0.2, -0.15) is 0 Å². The largest absolute Gasteiger partial charge is 0.380 e. The van der Waals surface area contributed by atoms with Crippen molar-refractivity contribution in [1.82, 2.24) is 15.3 Å². The maximum absolute atomic E-state index is 12.7. The van der Waals surface area contributed by atoms with E-state index >= 15 is 0 Å². The van der Waals surface area contributed by atoms with Crippen molar-refractivity contribution in [2.24, 2.45) is 0 Å². The molecule has 0 bridgehead atoms. The molecule has 1 amide bonds. The van der Waals surface area contributed by atoms with E-state index in [1.807, 2.05) is 36.4 Å². The van der Waals surface area contributed by atoms with Crippen molar-refractivity contribution in [3.8, 4) is 0 Å². The summed E-state index contributed by atoms with van der Waals surface area (Å²) in [6.45, 7) is 1.97. The van der Waals surface area contributed by atoms with Gasteiger partial charge in [-0.25, -0.2) is 4.98 Å². The van der Waals surface area contributed by atoms with E-state index in [1.54, 1.807) is 18.5 Å². The predicted octanol–water partition coefficient (Wildman–Crippen LogP) is 2.66. The minimum atomic E-state index is -0.212. The number of carbonyl (C=O) groups excluding carboxylic acids is 1. The van der Waals surface area contributed by atoms with Gasteiger partial charge in [-0.1, -0.05) is 6.07 Å². The minimum absolute atomic E-state index is 0.212. The lowest BCUT2D eigenvalue weighted by atomic mass is 10.1. The average Bonchev–Trinajstić information content (AvgIpc) is 3.16. The van der Waals surface area contributed by atoms with Gasteiger partial charge in [-0.3, -0.25) is 9.78 Å². The summed E-state index contributed by atoms with van der Waals surface area (Å²) in [7, 11) is 0. The summed E-state index contributed by atoms with van der Waals surface area (Å²) in [6.07, 6.45) is 4.44. The number of carbonyl (C=O) groups is 1. The predicted molar refractivity (Wildman–Crippen MR) is 98.8 cm³/mol. The molecule has 0 saturated carbocycles. The number of nitrogens with one attached hydrogen (secondary N) is 3. The van der Waals surface area contributed by atoms with Crippen LogP contribution in [0.1, 0.15) is 16.8 Å². The highest BCUT2D eigenvalue weighted by molar-refractivity contribution is 6.13. The van der Waals surface area contributed by atoms with Gasteiger partial charge in [0.25, 0.3) is 5.91 Å². The fourth-order valence-electron chi connectivity index (χ4n) is 3.10. The van der Waals surface area contributed by atoms with Gasteiger partial charge >= 0.3 is 0 Å². The van der Waals surface area contributed by atoms with E-state index in [0.29, 0.717) is 22.9 Å². The zero-order chi connectivity index (χ0) is 17.1. The Bertz CT molecular complexity index is 891.